The average Bonchev–Trinajstić information content (AvgIpc) is 3.39. The highest BCUT2D eigenvalue weighted by Crippen LogP contribution is 2.50. The summed E-state index contributed by atoms with van der Waals surface area (Å²) in [5.74, 6) is -0.573. The second-order valence-corrected chi connectivity index (χ2v) is 10.8. The Morgan fingerprint density at radius 2 is 1.55 bits per heavy atom. The van der Waals surface area contributed by atoms with Crippen molar-refractivity contribution < 1.29 is 9.90 Å². The van der Waals surface area contributed by atoms with E-state index in [4.69, 9.17) is 0 Å². The number of benzene rings is 1. The summed E-state index contributed by atoms with van der Waals surface area (Å²) in [4.78, 5) is 11.3. The number of carboxylic acid groups (broad SMARTS) is 1. The summed E-state index contributed by atoms with van der Waals surface area (Å²) < 4.78 is 0. The van der Waals surface area contributed by atoms with Crippen molar-refractivity contribution in [1.82, 2.24) is 0 Å². The largest absolute Gasteiger partial charge is 0.481 e. The van der Waals surface area contributed by atoms with Crippen LogP contribution >= 0.6 is 0 Å². The summed E-state index contributed by atoms with van der Waals surface area (Å²) in [7, 11) is 0. The van der Waals surface area contributed by atoms with E-state index in [1.807, 2.05) is 0 Å². The number of aliphatic carboxylic acids is 1. The molecule has 164 valence electrons. The Labute approximate surface area is 179 Å². The molecule has 1 saturated carbocycles. The van der Waals surface area contributed by atoms with E-state index in [1.165, 1.54) is 61.6 Å². The van der Waals surface area contributed by atoms with E-state index < -0.39 is 5.97 Å². The fourth-order valence-electron chi connectivity index (χ4n) is 4.65. The molecule has 0 atom stereocenters. The summed E-state index contributed by atoms with van der Waals surface area (Å²) in [5.41, 5.74) is 6.06. The first-order valence-electron chi connectivity index (χ1n) is 12.0. The van der Waals surface area contributed by atoms with Crippen LogP contribution in [0.15, 0.2) is 12.1 Å². The summed E-state index contributed by atoms with van der Waals surface area (Å²) in [6, 6.07) is 4.73. The van der Waals surface area contributed by atoms with Crippen molar-refractivity contribution in [2.24, 2.45) is 10.8 Å². The molecule has 2 heteroatoms. The highest BCUT2D eigenvalue weighted by molar-refractivity contribution is 5.77. The Kier molecular flexibility index (Phi) is 8.79. The van der Waals surface area contributed by atoms with E-state index in [-0.39, 0.29) is 5.41 Å². The molecule has 0 amide bonds. The van der Waals surface area contributed by atoms with E-state index in [9.17, 15) is 9.90 Å². The lowest BCUT2D eigenvalue weighted by atomic mass is 9.88. The third-order valence-electron chi connectivity index (χ3n) is 6.72. The van der Waals surface area contributed by atoms with Crippen LogP contribution in [0.5, 0.6) is 0 Å². The van der Waals surface area contributed by atoms with Gasteiger partial charge in [-0.3, -0.25) is 4.79 Å². The normalized spacial score (nSPS) is 15.5. The molecule has 2 nitrogen and oxygen atoms in total. The molecule has 1 aliphatic rings. The molecule has 1 aromatic carbocycles. The topological polar surface area (TPSA) is 37.3 Å². The first kappa shape index (κ1) is 24.0. The number of aryl methyl sites for hydroxylation is 3. The smallest absolute Gasteiger partial charge is 0.309 e. The van der Waals surface area contributed by atoms with Gasteiger partial charge in [-0.1, -0.05) is 70.6 Å². The zero-order valence-corrected chi connectivity index (χ0v) is 19.7. The summed E-state index contributed by atoms with van der Waals surface area (Å²) in [6.07, 6.45) is 15.0. The molecule has 0 unspecified atom stereocenters. The van der Waals surface area contributed by atoms with Crippen molar-refractivity contribution in [3.8, 4) is 0 Å². The van der Waals surface area contributed by atoms with Gasteiger partial charge in [0.1, 0.15) is 0 Å². The second-order valence-electron chi connectivity index (χ2n) is 10.8. The van der Waals surface area contributed by atoms with Crippen LogP contribution in [0.25, 0.3) is 0 Å². The summed E-state index contributed by atoms with van der Waals surface area (Å²) in [6.45, 7) is 11.5. The average molecular weight is 401 g/mol. The molecule has 0 bridgehead atoms. The number of rotatable bonds is 13. The summed E-state index contributed by atoms with van der Waals surface area (Å²) >= 11 is 0. The third-order valence-corrected chi connectivity index (χ3v) is 6.72. The number of hydrogen-bond donors (Lipinski definition) is 1. The molecule has 1 aliphatic carbocycles. The molecular weight excluding hydrogens is 356 g/mol. The predicted octanol–water partition coefficient (Wildman–Crippen LogP) is 7.81. The van der Waals surface area contributed by atoms with Crippen LogP contribution in [0.2, 0.25) is 0 Å². The lowest BCUT2D eigenvalue weighted by Gasteiger charge is -2.18. The minimum Gasteiger partial charge on any atom is -0.481 e. The number of hydrogen-bond acceptors (Lipinski definition) is 1. The lowest BCUT2D eigenvalue weighted by molar-refractivity contribution is -0.143. The van der Waals surface area contributed by atoms with Gasteiger partial charge >= 0.3 is 5.97 Å². The number of unbranched alkanes of at least 4 members (excludes halogenated alkanes) is 5. The monoisotopic (exact) mass is 400 g/mol. The minimum atomic E-state index is -0.573. The molecule has 0 aliphatic heterocycles. The van der Waals surface area contributed by atoms with Crippen LogP contribution in [0.3, 0.4) is 0 Å². The van der Waals surface area contributed by atoms with Crippen LogP contribution in [-0.2, 0) is 17.6 Å². The maximum absolute atomic E-state index is 11.3. The Balaban J connectivity index is 1.76. The van der Waals surface area contributed by atoms with Gasteiger partial charge in [0.05, 0.1) is 5.41 Å². The van der Waals surface area contributed by atoms with Crippen molar-refractivity contribution in [1.29, 1.82) is 0 Å². The van der Waals surface area contributed by atoms with Crippen molar-refractivity contribution in [2.75, 3.05) is 0 Å². The van der Waals surface area contributed by atoms with Crippen LogP contribution in [0.1, 0.15) is 114 Å². The van der Waals surface area contributed by atoms with Crippen LogP contribution in [0, 0.1) is 24.7 Å². The maximum Gasteiger partial charge on any atom is 0.309 e. The molecule has 1 N–H and O–H groups in total. The van der Waals surface area contributed by atoms with Crippen molar-refractivity contribution in [2.45, 2.75) is 118 Å². The van der Waals surface area contributed by atoms with E-state index in [0.29, 0.717) is 5.41 Å². The van der Waals surface area contributed by atoms with Crippen molar-refractivity contribution in [3.05, 3.63) is 34.4 Å². The quantitative estimate of drug-likeness (QED) is 0.343. The maximum atomic E-state index is 11.3. The molecule has 2 rings (SSSR count). The van der Waals surface area contributed by atoms with Gasteiger partial charge in [-0.25, -0.2) is 0 Å². The molecule has 0 saturated heterocycles. The van der Waals surface area contributed by atoms with E-state index in [1.54, 1.807) is 5.56 Å². The Hall–Kier alpha value is -1.31. The molecule has 0 spiro atoms. The number of carbonyl (C=O) groups is 1. The first-order chi connectivity index (χ1) is 13.6. The van der Waals surface area contributed by atoms with Crippen LogP contribution in [0.4, 0.5) is 0 Å². The SMILES string of the molecule is Cc1cc(C)c(CCCCCCC(C)(C)C)c(CCCCCC2(C(=O)O)CC2)c1. The van der Waals surface area contributed by atoms with Gasteiger partial charge < -0.3 is 5.11 Å². The molecule has 0 heterocycles. The molecule has 1 aromatic rings. The molecule has 29 heavy (non-hydrogen) atoms. The van der Waals surface area contributed by atoms with Gasteiger partial charge in [0.15, 0.2) is 0 Å². The van der Waals surface area contributed by atoms with E-state index in [0.717, 1.165) is 38.5 Å². The number of carboxylic acids is 1. The van der Waals surface area contributed by atoms with Gasteiger partial charge in [0, 0.05) is 0 Å². The Bertz CT molecular complexity index is 662. The molecular formula is C27H44O2. The Morgan fingerprint density at radius 3 is 2.17 bits per heavy atom. The van der Waals surface area contributed by atoms with Gasteiger partial charge in [-0.05, 0) is 87.3 Å². The molecule has 0 aromatic heterocycles. The highest BCUT2D eigenvalue weighted by atomic mass is 16.4. The van der Waals surface area contributed by atoms with E-state index >= 15 is 0 Å². The highest BCUT2D eigenvalue weighted by Gasteiger charge is 2.49. The van der Waals surface area contributed by atoms with Crippen molar-refractivity contribution in [3.63, 3.8) is 0 Å². The third kappa shape index (κ3) is 8.15. The second kappa shape index (κ2) is 10.6. The van der Waals surface area contributed by atoms with Gasteiger partial charge in [0.2, 0.25) is 0 Å². The first-order valence-corrected chi connectivity index (χ1v) is 12.0. The van der Waals surface area contributed by atoms with Crippen LogP contribution in [-0.4, -0.2) is 11.1 Å². The molecule has 1 fully saturated rings. The zero-order valence-electron chi connectivity index (χ0n) is 19.7. The molecule has 0 radical (unpaired) electrons. The van der Waals surface area contributed by atoms with E-state index in [2.05, 4.69) is 46.8 Å². The summed E-state index contributed by atoms with van der Waals surface area (Å²) in [5, 5.41) is 9.31. The standard InChI is InChI=1S/C27H44O2/c1-21-19-22(2)24(14-10-6-7-11-15-26(3,4)5)23(20-21)13-9-8-12-16-27(17-18-27)25(28)29/h19-20H,6-18H2,1-5H3,(H,28,29). The van der Waals surface area contributed by atoms with Gasteiger partial charge in [0.25, 0.3) is 0 Å². The zero-order chi connectivity index (χ0) is 21.5. The van der Waals surface area contributed by atoms with Crippen LogP contribution < -0.4 is 0 Å². The lowest BCUT2D eigenvalue weighted by Crippen LogP contribution is -2.14. The fourth-order valence-corrected chi connectivity index (χ4v) is 4.65. The van der Waals surface area contributed by atoms with Crippen molar-refractivity contribution >= 4 is 5.97 Å². The fraction of sp³-hybridized carbons (Fsp3) is 0.741. The van der Waals surface area contributed by atoms with Gasteiger partial charge in [-0.2, -0.15) is 0 Å². The predicted molar refractivity (Wildman–Crippen MR) is 124 cm³/mol. The van der Waals surface area contributed by atoms with Gasteiger partial charge in [-0.15, -0.1) is 0 Å². The minimum absolute atomic E-state index is 0.349. The Morgan fingerprint density at radius 1 is 0.931 bits per heavy atom.